The van der Waals surface area contributed by atoms with E-state index in [9.17, 15) is 9.59 Å². The van der Waals surface area contributed by atoms with Gasteiger partial charge in [0, 0.05) is 19.1 Å². The SMILES string of the molecule is CCOc1ccc(OCC(=O)N2CCC(NC(=O)OCC(C)C)CC2)cc1. The van der Waals surface area contributed by atoms with Crippen molar-refractivity contribution >= 4 is 12.0 Å². The topological polar surface area (TPSA) is 77.1 Å². The third-order valence-electron chi connectivity index (χ3n) is 4.21. The number of hydrogen-bond acceptors (Lipinski definition) is 5. The third kappa shape index (κ3) is 7.37. The Morgan fingerprint density at radius 3 is 2.26 bits per heavy atom. The molecule has 0 radical (unpaired) electrons. The van der Waals surface area contributed by atoms with Gasteiger partial charge in [0.05, 0.1) is 13.2 Å². The largest absolute Gasteiger partial charge is 0.494 e. The van der Waals surface area contributed by atoms with Gasteiger partial charge in [0.25, 0.3) is 5.91 Å². The van der Waals surface area contributed by atoms with Gasteiger partial charge in [-0.25, -0.2) is 4.79 Å². The van der Waals surface area contributed by atoms with Crippen molar-refractivity contribution in [1.82, 2.24) is 10.2 Å². The van der Waals surface area contributed by atoms with Crippen LogP contribution in [-0.2, 0) is 9.53 Å². The van der Waals surface area contributed by atoms with Crippen molar-refractivity contribution in [3.05, 3.63) is 24.3 Å². The Hall–Kier alpha value is -2.44. The summed E-state index contributed by atoms with van der Waals surface area (Å²) in [5, 5.41) is 2.86. The molecule has 0 aliphatic carbocycles. The fourth-order valence-electron chi connectivity index (χ4n) is 2.76. The number of piperidine rings is 1. The standard InChI is InChI=1S/C20H30N2O5/c1-4-25-17-5-7-18(8-6-17)26-14-19(23)22-11-9-16(10-12-22)21-20(24)27-13-15(2)3/h5-8,15-16H,4,9-14H2,1-3H3,(H,21,24). The van der Waals surface area contributed by atoms with E-state index in [4.69, 9.17) is 14.2 Å². The maximum atomic E-state index is 12.3. The van der Waals surface area contributed by atoms with Crippen molar-refractivity contribution in [1.29, 1.82) is 0 Å². The number of carbonyl (C=O) groups excluding carboxylic acids is 2. The Labute approximate surface area is 161 Å². The van der Waals surface area contributed by atoms with Gasteiger partial charge in [0.1, 0.15) is 11.5 Å². The lowest BCUT2D eigenvalue weighted by Crippen LogP contribution is -2.47. The highest BCUT2D eigenvalue weighted by Gasteiger charge is 2.24. The number of nitrogens with zero attached hydrogens (tertiary/aromatic N) is 1. The number of benzene rings is 1. The van der Waals surface area contributed by atoms with E-state index in [2.05, 4.69) is 5.32 Å². The summed E-state index contributed by atoms with van der Waals surface area (Å²) in [7, 11) is 0. The van der Waals surface area contributed by atoms with Crippen molar-refractivity contribution in [2.75, 3.05) is 32.9 Å². The minimum Gasteiger partial charge on any atom is -0.494 e. The minimum atomic E-state index is -0.382. The van der Waals surface area contributed by atoms with Gasteiger partial charge in [-0.05, 0) is 49.9 Å². The number of alkyl carbamates (subject to hydrolysis) is 1. The normalized spacial score (nSPS) is 14.7. The molecule has 7 heteroatoms. The average Bonchev–Trinajstić information content (AvgIpc) is 2.66. The number of likely N-dealkylation sites (tertiary alicyclic amines) is 1. The van der Waals surface area contributed by atoms with E-state index < -0.39 is 0 Å². The van der Waals surface area contributed by atoms with E-state index in [1.807, 2.05) is 32.9 Å². The van der Waals surface area contributed by atoms with Crippen LogP contribution in [0.1, 0.15) is 33.6 Å². The van der Waals surface area contributed by atoms with Gasteiger partial charge in [0.2, 0.25) is 0 Å². The second kappa shape index (κ2) is 10.6. The van der Waals surface area contributed by atoms with Crippen LogP contribution in [-0.4, -0.2) is 55.9 Å². The Morgan fingerprint density at radius 2 is 1.70 bits per heavy atom. The molecule has 0 spiro atoms. The van der Waals surface area contributed by atoms with Crippen LogP contribution in [0.15, 0.2) is 24.3 Å². The van der Waals surface area contributed by atoms with Gasteiger partial charge in [-0.2, -0.15) is 0 Å². The molecule has 1 heterocycles. The van der Waals surface area contributed by atoms with Crippen LogP contribution < -0.4 is 14.8 Å². The molecular weight excluding hydrogens is 348 g/mol. The molecule has 1 aliphatic heterocycles. The number of amides is 2. The molecule has 7 nitrogen and oxygen atoms in total. The van der Waals surface area contributed by atoms with E-state index >= 15 is 0 Å². The van der Waals surface area contributed by atoms with E-state index in [0.29, 0.717) is 50.8 Å². The molecule has 2 rings (SSSR count). The predicted octanol–water partition coefficient (Wildman–Crippen LogP) is 2.84. The van der Waals surface area contributed by atoms with Crippen molar-refractivity contribution in [2.45, 2.75) is 39.7 Å². The van der Waals surface area contributed by atoms with E-state index in [-0.39, 0.29) is 24.6 Å². The lowest BCUT2D eigenvalue weighted by Gasteiger charge is -2.32. The molecule has 2 amide bonds. The molecule has 0 aromatic heterocycles. The average molecular weight is 378 g/mol. The highest BCUT2D eigenvalue weighted by atomic mass is 16.5. The van der Waals surface area contributed by atoms with Crippen LogP contribution in [0.25, 0.3) is 0 Å². The summed E-state index contributed by atoms with van der Waals surface area (Å²) in [5.41, 5.74) is 0. The zero-order valence-corrected chi connectivity index (χ0v) is 16.4. The Bertz CT molecular complexity index is 595. The molecule has 1 aromatic carbocycles. The maximum absolute atomic E-state index is 12.3. The Morgan fingerprint density at radius 1 is 1.11 bits per heavy atom. The number of rotatable bonds is 8. The summed E-state index contributed by atoms with van der Waals surface area (Å²) in [6.07, 6.45) is 1.05. The van der Waals surface area contributed by atoms with Crippen LogP contribution in [0.2, 0.25) is 0 Å². The first-order chi connectivity index (χ1) is 13.0. The molecule has 0 saturated carbocycles. The number of hydrogen-bond donors (Lipinski definition) is 1. The third-order valence-corrected chi connectivity index (χ3v) is 4.21. The lowest BCUT2D eigenvalue weighted by molar-refractivity contribution is -0.134. The second-order valence-corrected chi connectivity index (χ2v) is 6.98. The molecule has 1 saturated heterocycles. The molecule has 0 unspecified atom stereocenters. The predicted molar refractivity (Wildman–Crippen MR) is 102 cm³/mol. The van der Waals surface area contributed by atoms with Gasteiger partial charge in [-0.1, -0.05) is 13.8 Å². The van der Waals surface area contributed by atoms with Crippen LogP contribution in [0.3, 0.4) is 0 Å². The molecule has 27 heavy (non-hydrogen) atoms. The lowest BCUT2D eigenvalue weighted by atomic mass is 10.1. The number of nitrogens with one attached hydrogen (secondary N) is 1. The zero-order chi connectivity index (χ0) is 19.6. The molecule has 1 aromatic rings. The first-order valence-corrected chi connectivity index (χ1v) is 9.54. The summed E-state index contributed by atoms with van der Waals surface area (Å²) in [6.45, 7) is 8.13. The molecule has 0 bridgehead atoms. The summed E-state index contributed by atoms with van der Waals surface area (Å²) < 4.78 is 16.1. The van der Waals surface area contributed by atoms with E-state index in [1.54, 1.807) is 17.0 Å². The quantitative estimate of drug-likeness (QED) is 0.753. The van der Waals surface area contributed by atoms with Crippen molar-refractivity contribution in [2.24, 2.45) is 5.92 Å². The first kappa shape index (κ1) is 20.9. The van der Waals surface area contributed by atoms with Gasteiger partial charge in [-0.15, -0.1) is 0 Å². The van der Waals surface area contributed by atoms with Crippen molar-refractivity contribution < 1.29 is 23.8 Å². The van der Waals surface area contributed by atoms with Gasteiger partial charge in [0.15, 0.2) is 6.61 Å². The van der Waals surface area contributed by atoms with Gasteiger partial charge >= 0.3 is 6.09 Å². The highest BCUT2D eigenvalue weighted by molar-refractivity contribution is 5.78. The maximum Gasteiger partial charge on any atom is 0.407 e. The minimum absolute atomic E-state index is 0.00249. The molecule has 1 aliphatic rings. The van der Waals surface area contributed by atoms with Gasteiger partial charge in [-0.3, -0.25) is 4.79 Å². The Balaban J connectivity index is 1.67. The van der Waals surface area contributed by atoms with Crippen LogP contribution in [0.4, 0.5) is 4.79 Å². The fourth-order valence-corrected chi connectivity index (χ4v) is 2.76. The Kier molecular flexibility index (Phi) is 8.23. The summed E-state index contributed by atoms with van der Waals surface area (Å²) >= 11 is 0. The first-order valence-electron chi connectivity index (χ1n) is 9.54. The summed E-state index contributed by atoms with van der Waals surface area (Å²) in [4.78, 5) is 25.8. The monoisotopic (exact) mass is 378 g/mol. The summed E-state index contributed by atoms with van der Waals surface area (Å²) in [5.74, 6) is 1.67. The van der Waals surface area contributed by atoms with Crippen molar-refractivity contribution in [3.8, 4) is 11.5 Å². The smallest absolute Gasteiger partial charge is 0.407 e. The highest BCUT2D eigenvalue weighted by Crippen LogP contribution is 2.18. The molecule has 1 N–H and O–H groups in total. The van der Waals surface area contributed by atoms with Crippen molar-refractivity contribution in [3.63, 3.8) is 0 Å². The number of carbonyl (C=O) groups is 2. The molecule has 0 atom stereocenters. The van der Waals surface area contributed by atoms with Crippen LogP contribution >= 0.6 is 0 Å². The molecule has 1 fully saturated rings. The van der Waals surface area contributed by atoms with Gasteiger partial charge < -0.3 is 24.4 Å². The second-order valence-electron chi connectivity index (χ2n) is 6.98. The van der Waals surface area contributed by atoms with Crippen LogP contribution in [0, 0.1) is 5.92 Å². The summed E-state index contributed by atoms with van der Waals surface area (Å²) in [6, 6.07) is 7.26. The van der Waals surface area contributed by atoms with E-state index in [0.717, 1.165) is 5.75 Å². The molecule has 150 valence electrons. The van der Waals surface area contributed by atoms with Crippen LogP contribution in [0.5, 0.6) is 11.5 Å². The zero-order valence-electron chi connectivity index (χ0n) is 16.4. The molecular formula is C20H30N2O5. The number of ether oxygens (including phenoxy) is 3. The fraction of sp³-hybridized carbons (Fsp3) is 0.600. The van der Waals surface area contributed by atoms with E-state index in [1.165, 1.54) is 0 Å².